The van der Waals surface area contributed by atoms with Gasteiger partial charge in [-0.15, -0.1) is 0 Å². The Morgan fingerprint density at radius 1 is 1.00 bits per heavy atom. The first-order valence-corrected chi connectivity index (χ1v) is 11.3. The molecular weight excluding hydrogens is 468 g/mol. The summed E-state index contributed by atoms with van der Waals surface area (Å²) in [6.07, 6.45) is 0. The zero-order valence-electron chi connectivity index (χ0n) is 16.7. The van der Waals surface area contributed by atoms with Crippen molar-refractivity contribution in [2.75, 3.05) is 19.4 Å². The first-order valence-electron chi connectivity index (χ1n) is 9.05. The SMILES string of the molecule is Cc1cccc(Oc2ccccc2NC(=O)c2ccc(Br)c(S(=O)(=O)N(C)C)c2)c1. The molecule has 0 aliphatic carbocycles. The van der Waals surface area contributed by atoms with Gasteiger partial charge in [0, 0.05) is 24.1 Å². The molecule has 30 heavy (non-hydrogen) atoms. The molecule has 0 heterocycles. The number of hydrogen-bond acceptors (Lipinski definition) is 4. The van der Waals surface area contributed by atoms with Crippen molar-refractivity contribution in [2.45, 2.75) is 11.8 Å². The Kier molecular flexibility index (Phi) is 6.60. The zero-order valence-corrected chi connectivity index (χ0v) is 19.1. The molecule has 0 atom stereocenters. The molecule has 0 unspecified atom stereocenters. The highest BCUT2D eigenvalue weighted by atomic mass is 79.9. The Labute approximate surface area is 184 Å². The molecular formula is C22H21BrN2O4S. The number of aryl methyl sites for hydroxylation is 1. The summed E-state index contributed by atoms with van der Waals surface area (Å²) in [7, 11) is -0.832. The quantitative estimate of drug-likeness (QED) is 0.526. The monoisotopic (exact) mass is 488 g/mol. The van der Waals surface area contributed by atoms with E-state index in [0.29, 0.717) is 21.7 Å². The molecule has 3 aromatic carbocycles. The minimum Gasteiger partial charge on any atom is -0.455 e. The number of rotatable bonds is 6. The van der Waals surface area contributed by atoms with Crippen molar-refractivity contribution in [2.24, 2.45) is 0 Å². The molecule has 0 radical (unpaired) electrons. The van der Waals surface area contributed by atoms with Gasteiger partial charge in [-0.3, -0.25) is 4.79 Å². The van der Waals surface area contributed by atoms with Gasteiger partial charge in [-0.2, -0.15) is 0 Å². The van der Waals surface area contributed by atoms with E-state index in [4.69, 9.17) is 4.74 Å². The number of halogens is 1. The molecule has 0 saturated carbocycles. The zero-order chi connectivity index (χ0) is 21.9. The maximum atomic E-state index is 12.8. The van der Waals surface area contributed by atoms with Crippen LogP contribution in [0, 0.1) is 6.92 Å². The summed E-state index contributed by atoms with van der Waals surface area (Å²) >= 11 is 3.25. The highest BCUT2D eigenvalue weighted by molar-refractivity contribution is 9.10. The number of amides is 1. The topological polar surface area (TPSA) is 75.7 Å². The summed E-state index contributed by atoms with van der Waals surface area (Å²) in [5, 5.41) is 2.80. The van der Waals surface area contributed by atoms with Crippen LogP contribution in [0.1, 0.15) is 15.9 Å². The third kappa shape index (κ3) is 4.89. The predicted octanol–water partition coefficient (Wildman–Crippen LogP) is 5.05. The summed E-state index contributed by atoms with van der Waals surface area (Å²) in [5.74, 6) is 0.687. The highest BCUT2D eigenvalue weighted by Gasteiger charge is 2.22. The van der Waals surface area contributed by atoms with Gasteiger partial charge >= 0.3 is 0 Å². The third-order valence-corrected chi connectivity index (χ3v) is 7.11. The first-order chi connectivity index (χ1) is 14.2. The number of anilines is 1. The smallest absolute Gasteiger partial charge is 0.255 e. The van der Waals surface area contributed by atoms with Crippen molar-refractivity contribution in [3.05, 3.63) is 82.3 Å². The van der Waals surface area contributed by atoms with Gasteiger partial charge in [-0.05, 0) is 70.9 Å². The van der Waals surface area contributed by atoms with Gasteiger partial charge in [0.1, 0.15) is 5.75 Å². The Balaban J connectivity index is 1.89. The Hall–Kier alpha value is -2.68. The van der Waals surface area contributed by atoms with Crippen LogP contribution in [0.4, 0.5) is 5.69 Å². The highest BCUT2D eigenvalue weighted by Crippen LogP contribution is 2.31. The summed E-state index contributed by atoms with van der Waals surface area (Å²) < 4.78 is 32.4. The van der Waals surface area contributed by atoms with Crippen LogP contribution in [-0.4, -0.2) is 32.7 Å². The average molecular weight is 489 g/mol. The number of carbonyl (C=O) groups is 1. The molecule has 156 valence electrons. The van der Waals surface area contributed by atoms with Crippen LogP contribution in [0.5, 0.6) is 11.5 Å². The fourth-order valence-corrected chi connectivity index (χ4v) is 4.54. The number of nitrogens with zero attached hydrogens (tertiary/aromatic N) is 1. The van der Waals surface area contributed by atoms with Gasteiger partial charge in [-0.1, -0.05) is 24.3 Å². The molecule has 0 fully saturated rings. The van der Waals surface area contributed by atoms with E-state index in [1.54, 1.807) is 30.3 Å². The van der Waals surface area contributed by atoms with Gasteiger partial charge in [0.15, 0.2) is 5.75 Å². The lowest BCUT2D eigenvalue weighted by Crippen LogP contribution is -2.23. The van der Waals surface area contributed by atoms with Crippen LogP contribution in [0.15, 0.2) is 76.1 Å². The molecule has 1 N–H and O–H groups in total. The number of benzene rings is 3. The lowest BCUT2D eigenvalue weighted by molar-refractivity contribution is 0.102. The lowest BCUT2D eigenvalue weighted by atomic mass is 10.2. The van der Waals surface area contributed by atoms with Crippen molar-refractivity contribution < 1.29 is 17.9 Å². The first kappa shape index (κ1) is 22.0. The van der Waals surface area contributed by atoms with E-state index in [1.807, 2.05) is 37.3 Å². The second-order valence-electron chi connectivity index (χ2n) is 6.80. The average Bonchev–Trinajstić information content (AvgIpc) is 2.69. The molecule has 0 aliphatic heterocycles. The van der Waals surface area contributed by atoms with Crippen LogP contribution < -0.4 is 10.1 Å². The molecule has 3 rings (SSSR count). The van der Waals surface area contributed by atoms with Crippen LogP contribution in [0.2, 0.25) is 0 Å². The summed E-state index contributed by atoms with van der Waals surface area (Å²) in [6, 6.07) is 19.1. The van der Waals surface area contributed by atoms with E-state index >= 15 is 0 Å². The largest absolute Gasteiger partial charge is 0.455 e. The minimum absolute atomic E-state index is 0.0180. The van der Waals surface area contributed by atoms with Gasteiger partial charge in [0.2, 0.25) is 10.0 Å². The molecule has 6 nitrogen and oxygen atoms in total. The molecule has 0 saturated heterocycles. The van der Waals surface area contributed by atoms with E-state index in [-0.39, 0.29) is 10.5 Å². The van der Waals surface area contributed by atoms with Crippen LogP contribution >= 0.6 is 15.9 Å². The standard InChI is InChI=1S/C22H21BrN2O4S/c1-15-7-6-8-17(13-15)29-20-10-5-4-9-19(20)24-22(26)16-11-12-18(23)21(14-16)30(27,28)25(2)3/h4-14H,1-3H3,(H,24,26). The second-order valence-corrected chi connectivity index (χ2v) is 9.78. The van der Waals surface area contributed by atoms with Crippen LogP contribution in [-0.2, 0) is 10.0 Å². The van der Waals surface area contributed by atoms with Crippen molar-refractivity contribution in [1.29, 1.82) is 0 Å². The van der Waals surface area contributed by atoms with E-state index in [2.05, 4.69) is 21.2 Å². The van der Waals surface area contributed by atoms with Gasteiger partial charge in [-0.25, -0.2) is 12.7 Å². The fraction of sp³-hybridized carbons (Fsp3) is 0.136. The number of nitrogens with one attached hydrogen (secondary N) is 1. The third-order valence-electron chi connectivity index (χ3n) is 4.30. The van der Waals surface area contributed by atoms with E-state index < -0.39 is 15.9 Å². The Morgan fingerprint density at radius 3 is 2.43 bits per heavy atom. The molecule has 0 aliphatic rings. The van der Waals surface area contributed by atoms with E-state index in [0.717, 1.165) is 9.87 Å². The predicted molar refractivity (Wildman–Crippen MR) is 121 cm³/mol. The Bertz CT molecular complexity index is 1190. The maximum absolute atomic E-state index is 12.8. The Morgan fingerprint density at radius 2 is 1.73 bits per heavy atom. The minimum atomic E-state index is -3.71. The fourth-order valence-electron chi connectivity index (χ4n) is 2.70. The molecule has 0 bridgehead atoms. The number of sulfonamides is 1. The molecule has 3 aromatic rings. The number of para-hydroxylation sites is 2. The van der Waals surface area contributed by atoms with Gasteiger partial charge < -0.3 is 10.1 Å². The summed E-state index contributed by atoms with van der Waals surface area (Å²) in [6.45, 7) is 1.97. The molecule has 1 amide bonds. The van der Waals surface area contributed by atoms with Crippen molar-refractivity contribution >= 4 is 37.5 Å². The van der Waals surface area contributed by atoms with Gasteiger partial charge in [0.05, 0.1) is 10.6 Å². The number of carbonyl (C=O) groups excluding carboxylic acids is 1. The number of ether oxygens (including phenoxy) is 1. The molecule has 0 spiro atoms. The maximum Gasteiger partial charge on any atom is 0.255 e. The van der Waals surface area contributed by atoms with Crippen LogP contribution in [0.25, 0.3) is 0 Å². The normalized spacial score (nSPS) is 11.4. The van der Waals surface area contributed by atoms with E-state index in [1.165, 1.54) is 20.2 Å². The summed E-state index contributed by atoms with van der Waals surface area (Å²) in [4.78, 5) is 12.9. The van der Waals surface area contributed by atoms with Crippen molar-refractivity contribution in [3.63, 3.8) is 0 Å². The second kappa shape index (κ2) is 8.99. The van der Waals surface area contributed by atoms with Crippen LogP contribution in [0.3, 0.4) is 0 Å². The molecule has 0 aromatic heterocycles. The molecule has 8 heteroatoms. The lowest BCUT2D eigenvalue weighted by Gasteiger charge is -2.15. The van der Waals surface area contributed by atoms with Crippen molar-refractivity contribution in [3.8, 4) is 11.5 Å². The number of hydrogen-bond donors (Lipinski definition) is 1. The van der Waals surface area contributed by atoms with Gasteiger partial charge in [0.25, 0.3) is 5.91 Å². The van der Waals surface area contributed by atoms with E-state index in [9.17, 15) is 13.2 Å². The van der Waals surface area contributed by atoms with Crippen molar-refractivity contribution in [1.82, 2.24) is 4.31 Å². The summed E-state index contributed by atoms with van der Waals surface area (Å²) in [5.41, 5.74) is 1.74.